The minimum absolute atomic E-state index is 0.0245. The quantitative estimate of drug-likeness (QED) is 0.231. The first-order valence-electron chi connectivity index (χ1n) is 8.46. The molecule has 0 saturated heterocycles. The smallest absolute Gasteiger partial charge is 0.338 e. The monoisotopic (exact) mass is 402 g/mol. The highest BCUT2D eigenvalue weighted by Gasteiger charge is 2.34. The fourth-order valence-electron chi connectivity index (χ4n) is 2.84. The minimum atomic E-state index is -0.708. The van der Waals surface area contributed by atoms with Crippen LogP contribution in [-0.4, -0.2) is 40.8 Å². The number of benzene rings is 2. The summed E-state index contributed by atoms with van der Waals surface area (Å²) in [6.45, 7) is 0.273. The number of carbonyl (C=O) groups is 3. The lowest BCUT2D eigenvalue weighted by Gasteiger charge is -2.13. The fraction of sp³-hybridized carbons (Fsp3) is 0.211. The summed E-state index contributed by atoms with van der Waals surface area (Å²) in [6, 6.07) is 10.3. The Kier molecular flexibility index (Phi) is 5.70. The molecule has 0 aliphatic carbocycles. The zero-order valence-electron chi connectivity index (χ0n) is 14.6. The van der Waals surface area contributed by atoms with E-state index < -0.39 is 10.9 Å². The van der Waals surface area contributed by atoms with Crippen LogP contribution in [0.4, 0.5) is 5.69 Å². The maximum atomic E-state index is 12.2. The Bertz CT molecular complexity index is 940. The molecule has 1 aliphatic rings. The molecule has 9 heteroatoms. The van der Waals surface area contributed by atoms with Gasteiger partial charge >= 0.3 is 5.97 Å². The maximum Gasteiger partial charge on any atom is 0.338 e. The van der Waals surface area contributed by atoms with Crippen molar-refractivity contribution in [3.63, 3.8) is 0 Å². The third-order valence-corrected chi connectivity index (χ3v) is 4.59. The van der Waals surface area contributed by atoms with E-state index in [1.54, 1.807) is 24.3 Å². The van der Waals surface area contributed by atoms with E-state index in [2.05, 4.69) is 0 Å². The van der Waals surface area contributed by atoms with Crippen LogP contribution in [0.2, 0.25) is 5.02 Å². The first-order chi connectivity index (χ1) is 13.4. The lowest BCUT2D eigenvalue weighted by molar-refractivity contribution is -0.384. The normalized spacial score (nSPS) is 12.8. The van der Waals surface area contributed by atoms with E-state index in [4.69, 9.17) is 16.3 Å². The summed E-state index contributed by atoms with van der Waals surface area (Å²) in [7, 11) is 0. The number of hydrogen-bond donors (Lipinski definition) is 0. The lowest BCUT2D eigenvalue weighted by Crippen LogP contribution is -2.30. The zero-order chi connectivity index (χ0) is 20.3. The third kappa shape index (κ3) is 3.86. The Morgan fingerprint density at radius 1 is 1.07 bits per heavy atom. The molecule has 0 bridgehead atoms. The highest BCUT2D eigenvalue weighted by Crippen LogP contribution is 2.25. The molecule has 0 atom stereocenters. The van der Waals surface area contributed by atoms with Crippen LogP contribution in [0.25, 0.3) is 0 Å². The van der Waals surface area contributed by atoms with Gasteiger partial charge in [0.15, 0.2) is 0 Å². The first-order valence-corrected chi connectivity index (χ1v) is 8.84. The number of nitro benzene ring substituents is 1. The van der Waals surface area contributed by atoms with Gasteiger partial charge < -0.3 is 4.74 Å². The number of halogens is 1. The van der Waals surface area contributed by atoms with Crippen LogP contribution >= 0.6 is 11.6 Å². The number of unbranched alkanes of at least 4 members (excludes halogenated alkanes) is 1. The second-order valence-electron chi connectivity index (χ2n) is 6.07. The number of esters is 1. The topological polar surface area (TPSA) is 107 Å². The number of nitrogens with zero attached hydrogens (tertiary/aromatic N) is 2. The molecule has 8 nitrogen and oxygen atoms in total. The van der Waals surface area contributed by atoms with Crippen LogP contribution in [0.3, 0.4) is 0 Å². The van der Waals surface area contributed by atoms with Crippen molar-refractivity contribution >= 4 is 35.1 Å². The number of hydrogen-bond acceptors (Lipinski definition) is 6. The summed E-state index contributed by atoms with van der Waals surface area (Å²) in [5.41, 5.74) is 0.435. The molecule has 3 rings (SSSR count). The second-order valence-corrected chi connectivity index (χ2v) is 6.48. The Morgan fingerprint density at radius 2 is 1.71 bits per heavy atom. The predicted molar refractivity (Wildman–Crippen MR) is 99.4 cm³/mol. The molecule has 2 amide bonds. The highest BCUT2D eigenvalue weighted by atomic mass is 35.5. The number of rotatable bonds is 7. The molecular weight excluding hydrogens is 388 g/mol. The molecule has 1 aliphatic heterocycles. The van der Waals surface area contributed by atoms with Gasteiger partial charge in [0.1, 0.15) is 5.02 Å². The Balaban J connectivity index is 1.47. The highest BCUT2D eigenvalue weighted by molar-refractivity contribution is 6.32. The Labute approximate surface area is 164 Å². The first kappa shape index (κ1) is 19.5. The van der Waals surface area contributed by atoms with E-state index >= 15 is 0 Å². The van der Waals surface area contributed by atoms with Crippen molar-refractivity contribution in [1.29, 1.82) is 0 Å². The largest absolute Gasteiger partial charge is 0.462 e. The van der Waals surface area contributed by atoms with Crippen LogP contribution in [0.15, 0.2) is 42.5 Å². The van der Waals surface area contributed by atoms with Gasteiger partial charge in [-0.3, -0.25) is 24.6 Å². The van der Waals surface area contributed by atoms with E-state index in [-0.39, 0.29) is 41.2 Å². The van der Waals surface area contributed by atoms with Gasteiger partial charge in [-0.2, -0.15) is 0 Å². The zero-order valence-corrected chi connectivity index (χ0v) is 15.3. The van der Waals surface area contributed by atoms with E-state index in [9.17, 15) is 24.5 Å². The molecule has 0 unspecified atom stereocenters. The summed E-state index contributed by atoms with van der Waals surface area (Å²) >= 11 is 5.71. The summed E-state index contributed by atoms with van der Waals surface area (Å²) in [5.74, 6) is -1.36. The number of nitro groups is 1. The summed E-state index contributed by atoms with van der Waals surface area (Å²) in [5, 5.41) is 10.8. The Morgan fingerprint density at radius 3 is 2.32 bits per heavy atom. The molecule has 2 aromatic carbocycles. The van der Waals surface area contributed by atoms with Crippen molar-refractivity contribution < 1.29 is 24.0 Å². The van der Waals surface area contributed by atoms with Gasteiger partial charge in [0.25, 0.3) is 17.5 Å². The van der Waals surface area contributed by atoms with Crippen molar-refractivity contribution in [3.8, 4) is 0 Å². The van der Waals surface area contributed by atoms with Crippen LogP contribution in [0.5, 0.6) is 0 Å². The van der Waals surface area contributed by atoms with Gasteiger partial charge in [0.2, 0.25) is 0 Å². The molecular formula is C19H15ClN2O6. The number of fused-ring (bicyclic) bond motifs is 1. The molecule has 0 aromatic heterocycles. The summed E-state index contributed by atoms with van der Waals surface area (Å²) in [4.78, 5) is 47.8. The number of ether oxygens (including phenoxy) is 1. The summed E-state index contributed by atoms with van der Waals surface area (Å²) in [6.07, 6.45) is 0.883. The standard InChI is InChI=1S/C19H15ClN2O6/c20-15-8-7-12(11-16(15)22(26)27)19(25)28-10-4-3-9-21-17(23)13-5-1-2-6-14(13)18(21)24/h1-2,5-8,11H,3-4,9-10H2. The van der Waals surface area contributed by atoms with E-state index in [1.165, 1.54) is 17.0 Å². The summed E-state index contributed by atoms with van der Waals surface area (Å²) < 4.78 is 5.09. The number of amides is 2. The van der Waals surface area contributed by atoms with Crippen molar-refractivity contribution in [2.75, 3.05) is 13.2 Å². The molecule has 28 heavy (non-hydrogen) atoms. The van der Waals surface area contributed by atoms with Crippen molar-refractivity contribution in [1.82, 2.24) is 4.90 Å². The van der Waals surface area contributed by atoms with E-state index in [1.807, 2.05) is 0 Å². The molecule has 0 radical (unpaired) electrons. The predicted octanol–water partition coefficient (Wildman–Crippen LogP) is 3.48. The van der Waals surface area contributed by atoms with Crippen LogP contribution in [0.1, 0.15) is 43.9 Å². The van der Waals surface area contributed by atoms with Gasteiger partial charge in [-0.25, -0.2) is 4.79 Å². The third-order valence-electron chi connectivity index (χ3n) is 4.27. The molecule has 1 heterocycles. The average molecular weight is 403 g/mol. The second kappa shape index (κ2) is 8.18. The molecule has 144 valence electrons. The van der Waals surface area contributed by atoms with Crippen molar-refractivity contribution in [2.24, 2.45) is 0 Å². The van der Waals surface area contributed by atoms with Crippen molar-refractivity contribution in [2.45, 2.75) is 12.8 Å². The van der Waals surface area contributed by atoms with Gasteiger partial charge in [-0.05, 0) is 37.1 Å². The van der Waals surface area contributed by atoms with Gasteiger partial charge in [-0.15, -0.1) is 0 Å². The van der Waals surface area contributed by atoms with Gasteiger partial charge in [0, 0.05) is 12.6 Å². The van der Waals surface area contributed by atoms with Gasteiger partial charge in [0.05, 0.1) is 28.2 Å². The molecule has 0 saturated carbocycles. The number of carbonyl (C=O) groups excluding carboxylic acids is 3. The van der Waals surface area contributed by atoms with Crippen LogP contribution < -0.4 is 0 Å². The Hall–Kier alpha value is -3.26. The van der Waals surface area contributed by atoms with E-state index in [0.717, 1.165) is 6.07 Å². The van der Waals surface area contributed by atoms with Crippen LogP contribution in [0, 0.1) is 10.1 Å². The van der Waals surface area contributed by atoms with Crippen LogP contribution in [-0.2, 0) is 4.74 Å². The van der Waals surface area contributed by atoms with E-state index in [0.29, 0.717) is 24.0 Å². The SMILES string of the molecule is O=C(OCCCCN1C(=O)c2ccccc2C1=O)c1ccc(Cl)c([N+](=O)[O-])c1. The fourth-order valence-corrected chi connectivity index (χ4v) is 3.03. The molecule has 0 N–H and O–H groups in total. The maximum absolute atomic E-state index is 12.2. The molecule has 0 fully saturated rings. The van der Waals surface area contributed by atoms with Gasteiger partial charge in [-0.1, -0.05) is 23.7 Å². The number of imide groups is 1. The molecule has 2 aromatic rings. The molecule has 0 spiro atoms. The minimum Gasteiger partial charge on any atom is -0.462 e. The van der Waals surface area contributed by atoms with Crippen molar-refractivity contribution in [3.05, 3.63) is 74.3 Å². The average Bonchev–Trinajstić information content (AvgIpc) is 2.92. The lowest BCUT2D eigenvalue weighted by atomic mass is 10.1.